The number of benzene rings is 3. The standard InChI is InChI=1S/C27H25NO2S/c1-17-14-18(16-31-19-8-3-2-4-9-19)15-24-20-12-7-13-21(20)26(28-25(17)24)22-10-5-6-11-23(22)27(29)30/h2-12,14-15,20-21,26,28H,13,16H2,1H3,(H,29,30)/t20-,21+,26+/m1/s1. The summed E-state index contributed by atoms with van der Waals surface area (Å²) in [5, 5.41) is 13.5. The summed E-state index contributed by atoms with van der Waals surface area (Å²) in [4.78, 5) is 13.1. The second-order valence-corrected chi connectivity index (χ2v) is 9.40. The maximum absolute atomic E-state index is 11.9. The van der Waals surface area contributed by atoms with E-state index in [0.29, 0.717) is 17.4 Å². The highest BCUT2D eigenvalue weighted by atomic mass is 32.2. The first-order valence-electron chi connectivity index (χ1n) is 10.7. The zero-order valence-electron chi connectivity index (χ0n) is 17.4. The molecule has 1 heterocycles. The zero-order valence-corrected chi connectivity index (χ0v) is 18.2. The van der Waals surface area contributed by atoms with Crippen LogP contribution >= 0.6 is 11.8 Å². The summed E-state index contributed by atoms with van der Waals surface area (Å²) in [6.07, 6.45) is 5.52. The number of hydrogen-bond donors (Lipinski definition) is 2. The molecule has 0 aromatic heterocycles. The van der Waals surface area contributed by atoms with Crippen molar-refractivity contribution < 1.29 is 9.90 Å². The minimum absolute atomic E-state index is 0.0111. The molecule has 1 aliphatic heterocycles. The molecule has 4 heteroatoms. The second kappa shape index (κ2) is 8.27. The van der Waals surface area contributed by atoms with E-state index in [2.05, 4.69) is 60.8 Å². The molecule has 0 bridgehead atoms. The van der Waals surface area contributed by atoms with Gasteiger partial charge in [0.1, 0.15) is 0 Å². The molecule has 3 aromatic rings. The van der Waals surface area contributed by atoms with E-state index in [4.69, 9.17) is 0 Å². The molecular formula is C27H25NO2S. The summed E-state index contributed by atoms with van der Waals surface area (Å²) in [7, 11) is 0. The molecule has 0 saturated carbocycles. The van der Waals surface area contributed by atoms with Crippen molar-refractivity contribution in [3.05, 3.63) is 107 Å². The van der Waals surface area contributed by atoms with Gasteiger partial charge in [0.15, 0.2) is 0 Å². The van der Waals surface area contributed by atoms with E-state index < -0.39 is 5.97 Å². The first-order chi connectivity index (χ1) is 15.1. The number of anilines is 1. The molecule has 2 N–H and O–H groups in total. The number of thioether (sulfide) groups is 1. The van der Waals surface area contributed by atoms with Crippen molar-refractivity contribution in [3.63, 3.8) is 0 Å². The van der Waals surface area contributed by atoms with E-state index in [0.717, 1.165) is 23.4 Å². The lowest BCUT2D eigenvalue weighted by Crippen LogP contribution is -2.31. The highest BCUT2D eigenvalue weighted by Crippen LogP contribution is 2.51. The average Bonchev–Trinajstić information content (AvgIpc) is 3.28. The third-order valence-corrected chi connectivity index (χ3v) is 7.48. The van der Waals surface area contributed by atoms with Crippen LogP contribution in [-0.4, -0.2) is 11.1 Å². The predicted octanol–water partition coefficient (Wildman–Crippen LogP) is 6.81. The van der Waals surface area contributed by atoms with Crippen molar-refractivity contribution in [1.82, 2.24) is 0 Å². The Bertz CT molecular complexity index is 1160. The highest BCUT2D eigenvalue weighted by molar-refractivity contribution is 7.98. The number of carboxylic acids is 1. The van der Waals surface area contributed by atoms with Crippen LogP contribution in [0.15, 0.2) is 83.8 Å². The summed E-state index contributed by atoms with van der Waals surface area (Å²) in [6, 6.07) is 22.5. The van der Waals surface area contributed by atoms with Crippen LogP contribution in [0, 0.1) is 12.8 Å². The zero-order chi connectivity index (χ0) is 21.4. The van der Waals surface area contributed by atoms with Crippen molar-refractivity contribution in [3.8, 4) is 0 Å². The van der Waals surface area contributed by atoms with Crippen LogP contribution in [0.4, 0.5) is 5.69 Å². The minimum Gasteiger partial charge on any atom is -0.478 e. The first-order valence-corrected chi connectivity index (χ1v) is 11.7. The summed E-state index contributed by atoms with van der Waals surface area (Å²) >= 11 is 1.86. The maximum Gasteiger partial charge on any atom is 0.336 e. The van der Waals surface area contributed by atoms with Crippen molar-refractivity contribution >= 4 is 23.4 Å². The van der Waals surface area contributed by atoms with Crippen LogP contribution in [0.5, 0.6) is 0 Å². The fourth-order valence-electron chi connectivity index (χ4n) is 5.00. The molecule has 0 saturated heterocycles. The van der Waals surface area contributed by atoms with Gasteiger partial charge in [-0.15, -0.1) is 11.8 Å². The normalized spacial score (nSPS) is 21.3. The molecule has 31 heavy (non-hydrogen) atoms. The molecule has 3 nitrogen and oxygen atoms in total. The van der Waals surface area contributed by atoms with Crippen molar-refractivity contribution in [2.75, 3.05) is 5.32 Å². The fourth-order valence-corrected chi connectivity index (χ4v) is 5.85. The minimum atomic E-state index is -0.865. The Morgan fingerprint density at radius 3 is 2.65 bits per heavy atom. The van der Waals surface area contributed by atoms with Crippen LogP contribution < -0.4 is 5.32 Å². The molecule has 156 valence electrons. The Hall–Kier alpha value is -2.98. The number of carboxylic acid groups (broad SMARTS) is 1. The highest BCUT2D eigenvalue weighted by Gasteiger charge is 2.39. The lowest BCUT2D eigenvalue weighted by molar-refractivity contribution is 0.0694. The Labute approximate surface area is 187 Å². The molecular weight excluding hydrogens is 402 g/mol. The molecule has 3 aromatic carbocycles. The number of carbonyl (C=O) groups is 1. The summed E-state index contributed by atoms with van der Waals surface area (Å²) in [6.45, 7) is 2.15. The number of aryl methyl sites for hydroxylation is 1. The molecule has 0 radical (unpaired) electrons. The molecule has 0 unspecified atom stereocenters. The van der Waals surface area contributed by atoms with Gasteiger partial charge in [-0.25, -0.2) is 4.79 Å². The lowest BCUT2D eigenvalue weighted by atomic mass is 9.75. The Morgan fingerprint density at radius 2 is 1.84 bits per heavy atom. The summed E-state index contributed by atoms with van der Waals surface area (Å²) < 4.78 is 0. The fraction of sp³-hybridized carbons (Fsp3) is 0.222. The van der Waals surface area contributed by atoms with Crippen LogP contribution in [-0.2, 0) is 5.75 Å². The van der Waals surface area contributed by atoms with Gasteiger partial charge >= 0.3 is 5.97 Å². The van der Waals surface area contributed by atoms with Gasteiger partial charge in [0.2, 0.25) is 0 Å². The van der Waals surface area contributed by atoms with E-state index >= 15 is 0 Å². The van der Waals surface area contributed by atoms with Gasteiger partial charge < -0.3 is 10.4 Å². The van der Waals surface area contributed by atoms with Crippen LogP contribution in [0.1, 0.15) is 51.0 Å². The largest absolute Gasteiger partial charge is 0.478 e. The van der Waals surface area contributed by atoms with E-state index in [1.54, 1.807) is 12.1 Å². The SMILES string of the molecule is Cc1cc(CSc2ccccc2)cc2c1N[C@H](c1ccccc1C(=O)O)[C@H]1CC=C[C@@H]21. The van der Waals surface area contributed by atoms with E-state index in [1.807, 2.05) is 30.0 Å². The molecule has 5 rings (SSSR count). The number of rotatable bonds is 5. The Kier molecular flexibility index (Phi) is 5.33. The van der Waals surface area contributed by atoms with Gasteiger partial charge in [0.05, 0.1) is 11.6 Å². The van der Waals surface area contributed by atoms with Crippen LogP contribution in [0.3, 0.4) is 0 Å². The molecule has 1 aliphatic carbocycles. The summed E-state index contributed by atoms with van der Waals surface area (Å²) in [5.41, 5.74) is 6.32. The van der Waals surface area contributed by atoms with Gasteiger partial charge in [-0.05, 0) is 59.7 Å². The van der Waals surface area contributed by atoms with Gasteiger partial charge in [-0.3, -0.25) is 0 Å². The molecule has 2 aliphatic rings. The van der Waals surface area contributed by atoms with E-state index in [1.165, 1.54) is 21.6 Å². The van der Waals surface area contributed by atoms with Crippen molar-refractivity contribution in [2.24, 2.45) is 5.92 Å². The van der Waals surface area contributed by atoms with Crippen LogP contribution in [0.2, 0.25) is 0 Å². The summed E-state index contributed by atoms with van der Waals surface area (Å²) in [5.74, 6) is 0.702. The second-order valence-electron chi connectivity index (χ2n) is 8.35. The number of allylic oxidation sites excluding steroid dienone is 2. The molecule has 0 spiro atoms. The van der Waals surface area contributed by atoms with Gasteiger partial charge in [-0.1, -0.05) is 60.7 Å². The quantitative estimate of drug-likeness (QED) is 0.347. The van der Waals surface area contributed by atoms with Gasteiger partial charge in [-0.2, -0.15) is 0 Å². The predicted molar refractivity (Wildman–Crippen MR) is 127 cm³/mol. The number of aromatic carboxylic acids is 1. The van der Waals surface area contributed by atoms with Gasteiger partial charge in [0, 0.05) is 22.3 Å². The molecule has 3 atom stereocenters. The molecule has 0 fully saturated rings. The van der Waals surface area contributed by atoms with E-state index in [-0.39, 0.29) is 6.04 Å². The third kappa shape index (κ3) is 3.77. The van der Waals surface area contributed by atoms with Crippen LogP contribution in [0.25, 0.3) is 0 Å². The topological polar surface area (TPSA) is 49.3 Å². The third-order valence-electron chi connectivity index (χ3n) is 6.40. The number of fused-ring (bicyclic) bond motifs is 3. The van der Waals surface area contributed by atoms with Crippen molar-refractivity contribution in [2.45, 2.75) is 36.0 Å². The first kappa shape index (κ1) is 20.0. The molecule has 0 amide bonds. The maximum atomic E-state index is 11.9. The Morgan fingerprint density at radius 1 is 1.06 bits per heavy atom. The smallest absolute Gasteiger partial charge is 0.336 e. The number of hydrogen-bond acceptors (Lipinski definition) is 3. The van der Waals surface area contributed by atoms with Crippen molar-refractivity contribution in [1.29, 1.82) is 0 Å². The number of nitrogens with one attached hydrogen (secondary N) is 1. The monoisotopic (exact) mass is 427 g/mol. The van der Waals surface area contributed by atoms with Gasteiger partial charge in [0.25, 0.3) is 0 Å². The lowest BCUT2D eigenvalue weighted by Gasteiger charge is -2.39. The Balaban J connectivity index is 1.49. The van der Waals surface area contributed by atoms with E-state index in [9.17, 15) is 9.90 Å². The average molecular weight is 428 g/mol.